The smallest absolute Gasteiger partial charge is 0.137 e. The third-order valence-corrected chi connectivity index (χ3v) is 11.7. The first kappa shape index (κ1) is 35.2. The molecule has 0 aliphatic heterocycles. The molecule has 11 rings (SSSR count). The fourth-order valence-electron chi connectivity index (χ4n) is 8.86. The van der Waals surface area contributed by atoms with Gasteiger partial charge < -0.3 is 9.32 Å². The van der Waals surface area contributed by atoms with Gasteiger partial charge in [0.05, 0.1) is 11.1 Å². The van der Waals surface area contributed by atoms with E-state index in [-0.39, 0.29) is 0 Å². The maximum Gasteiger partial charge on any atom is 0.137 e. The Labute approximate surface area is 349 Å². The largest absolute Gasteiger partial charge is 0.456 e. The van der Waals surface area contributed by atoms with E-state index in [2.05, 4.69) is 235 Å². The van der Waals surface area contributed by atoms with Gasteiger partial charge in [-0.3, -0.25) is 0 Å². The van der Waals surface area contributed by atoms with Gasteiger partial charge in [-0.05, 0) is 115 Å². The van der Waals surface area contributed by atoms with Crippen LogP contribution in [0.1, 0.15) is 0 Å². The maximum atomic E-state index is 6.43. The quantitative estimate of drug-likeness (QED) is 0.153. The number of hydrogen-bond donors (Lipinski definition) is 0. The lowest BCUT2D eigenvalue weighted by Crippen LogP contribution is -2.10. The number of nitrogens with zero attached hydrogens (tertiary/aromatic N) is 1. The molecule has 0 atom stereocenters. The van der Waals surface area contributed by atoms with Crippen LogP contribution in [-0.4, -0.2) is 0 Å². The minimum atomic E-state index is 0.863. The SMILES string of the molecule is c1ccc(-c2ccccc2-c2ccccc2-c2ccccc2-c2ccc(N(c3cccc(-c4ccc5ccccc5c4)c3)c3cccc4oc5ccccc5c34)cc2)cc1. The van der Waals surface area contributed by atoms with E-state index in [1.165, 1.54) is 55.3 Å². The zero-order valence-corrected chi connectivity index (χ0v) is 32.9. The van der Waals surface area contributed by atoms with Gasteiger partial charge in [-0.2, -0.15) is 0 Å². The van der Waals surface area contributed by atoms with Crippen LogP contribution in [0.25, 0.3) is 88.3 Å². The van der Waals surface area contributed by atoms with Crippen molar-refractivity contribution >= 4 is 49.8 Å². The number of para-hydroxylation sites is 1. The van der Waals surface area contributed by atoms with E-state index >= 15 is 0 Å². The standard InChI is InChI=1S/C58H39NO/c1-2-17-41(18-3-1)48-22-6-8-24-50(48)52-26-10-11-27-53(52)51-25-9-7-23-49(51)42-34-36-46(37-35-42)59(55-29-15-31-57-58(55)54-28-12-13-30-56(54)60-57)47-21-14-20-44(39-47)45-33-32-40-16-4-5-19-43(40)38-45/h1-39H. The van der Waals surface area contributed by atoms with Crippen LogP contribution in [0.4, 0.5) is 17.1 Å². The van der Waals surface area contributed by atoms with Gasteiger partial charge in [-0.1, -0.05) is 188 Å². The van der Waals surface area contributed by atoms with Crippen molar-refractivity contribution in [1.82, 2.24) is 0 Å². The molecule has 10 aromatic carbocycles. The van der Waals surface area contributed by atoms with E-state index in [4.69, 9.17) is 4.42 Å². The van der Waals surface area contributed by atoms with Crippen LogP contribution in [0.3, 0.4) is 0 Å². The summed E-state index contributed by atoms with van der Waals surface area (Å²) >= 11 is 0. The normalized spacial score (nSPS) is 11.3. The number of fused-ring (bicyclic) bond motifs is 4. The van der Waals surface area contributed by atoms with E-state index < -0.39 is 0 Å². The molecule has 0 saturated heterocycles. The lowest BCUT2D eigenvalue weighted by atomic mass is 9.87. The molecule has 0 fully saturated rings. The molecule has 0 radical (unpaired) electrons. The summed E-state index contributed by atoms with van der Waals surface area (Å²) in [5, 5.41) is 4.65. The van der Waals surface area contributed by atoms with E-state index in [9.17, 15) is 0 Å². The van der Waals surface area contributed by atoms with Crippen LogP contribution in [0, 0.1) is 0 Å². The van der Waals surface area contributed by atoms with Gasteiger partial charge in [0.1, 0.15) is 11.2 Å². The summed E-state index contributed by atoms with van der Waals surface area (Å²) in [5.74, 6) is 0. The minimum absolute atomic E-state index is 0.863. The zero-order chi connectivity index (χ0) is 39.8. The van der Waals surface area contributed by atoms with E-state index in [1.54, 1.807) is 0 Å². The lowest BCUT2D eigenvalue weighted by Gasteiger charge is -2.27. The molecular formula is C58H39NO. The average molecular weight is 766 g/mol. The second kappa shape index (κ2) is 15.1. The molecule has 282 valence electrons. The van der Waals surface area contributed by atoms with Gasteiger partial charge in [-0.25, -0.2) is 0 Å². The predicted molar refractivity (Wildman–Crippen MR) is 253 cm³/mol. The van der Waals surface area contributed by atoms with Crippen LogP contribution in [0.5, 0.6) is 0 Å². The van der Waals surface area contributed by atoms with Crippen molar-refractivity contribution in [2.75, 3.05) is 4.90 Å². The summed E-state index contributed by atoms with van der Waals surface area (Å²) in [7, 11) is 0. The van der Waals surface area contributed by atoms with Crippen LogP contribution >= 0.6 is 0 Å². The Kier molecular flexibility index (Phi) is 8.87. The lowest BCUT2D eigenvalue weighted by molar-refractivity contribution is 0.669. The number of hydrogen-bond acceptors (Lipinski definition) is 2. The number of benzene rings is 10. The van der Waals surface area contributed by atoms with Crippen molar-refractivity contribution in [3.05, 3.63) is 237 Å². The molecule has 1 aromatic heterocycles. The molecule has 0 unspecified atom stereocenters. The first-order chi connectivity index (χ1) is 29.8. The van der Waals surface area contributed by atoms with E-state index in [0.717, 1.165) is 50.1 Å². The predicted octanol–water partition coefficient (Wildman–Crippen LogP) is 16.5. The van der Waals surface area contributed by atoms with Crippen LogP contribution in [0.15, 0.2) is 241 Å². The van der Waals surface area contributed by atoms with Gasteiger partial charge in [0.25, 0.3) is 0 Å². The third kappa shape index (κ3) is 6.32. The number of anilines is 3. The highest BCUT2D eigenvalue weighted by atomic mass is 16.3. The van der Waals surface area contributed by atoms with Crippen molar-refractivity contribution in [3.8, 4) is 55.6 Å². The Hall–Kier alpha value is -7.94. The Balaban J connectivity index is 1.04. The molecule has 11 aromatic rings. The fourth-order valence-corrected chi connectivity index (χ4v) is 8.86. The molecule has 0 amide bonds. The summed E-state index contributed by atoms with van der Waals surface area (Å²) < 4.78 is 6.43. The highest BCUT2D eigenvalue weighted by molar-refractivity contribution is 6.13. The number of rotatable bonds is 8. The van der Waals surface area contributed by atoms with Crippen LogP contribution in [0.2, 0.25) is 0 Å². The molecule has 0 aliphatic carbocycles. The molecule has 0 saturated carbocycles. The number of furan rings is 1. The molecule has 1 heterocycles. The summed E-state index contributed by atoms with van der Waals surface area (Å²) in [6.07, 6.45) is 0. The maximum absolute atomic E-state index is 6.43. The monoisotopic (exact) mass is 765 g/mol. The van der Waals surface area contributed by atoms with Gasteiger partial charge in [-0.15, -0.1) is 0 Å². The van der Waals surface area contributed by atoms with E-state index in [1.807, 2.05) is 6.07 Å². The Morgan fingerprint density at radius 3 is 1.50 bits per heavy atom. The fraction of sp³-hybridized carbons (Fsp3) is 0. The van der Waals surface area contributed by atoms with Gasteiger partial charge >= 0.3 is 0 Å². The summed E-state index contributed by atoms with van der Waals surface area (Å²) in [6.45, 7) is 0. The summed E-state index contributed by atoms with van der Waals surface area (Å²) in [6, 6.07) is 84.9. The first-order valence-electron chi connectivity index (χ1n) is 20.5. The molecule has 0 N–H and O–H groups in total. The molecule has 2 heteroatoms. The summed E-state index contributed by atoms with van der Waals surface area (Å²) in [4.78, 5) is 2.38. The molecule has 60 heavy (non-hydrogen) atoms. The van der Waals surface area contributed by atoms with Gasteiger partial charge in [0.15, 0.2) is 0 Å². The van der Waals surface area contributed by atoms with Crippen molar-refractivity contribution < 1.29 is 4.42 Å². The first-order valence-corrected chi connectivity index (χ1v) is 20.5. The van der Waals surface area contributed by atoms with Crippen molar-refractivity contribution in [2.45, 2.75) is 0 Å². The molecule has 0 aliphatic rings. The Morgan fingerprint density at radius 1 is 0.283 bits per heavy atom. The van der Waals surface area contributed by atoms with Gasteiger partial charge in [0, 0.05) is 16.8 Å². The Bertz CT molecular complexity index is 3320. The Morgan fingerprint density at radius 2 is 0.783 bits per heavy atom. The molecule has 0 bridgehead atoms. The molecule has 2 nitrogen and oxygen atoms in total. The molecule has 0 spiro atoms. The van der Waals surface area contributed by atoms with Crippen molar-refractivity contribution in [3.63, 3.8) is 0 Å². The third-order valence-electron chi connectivity index (χ3n) is 11.7. The highest BCUT2D eigenvalue weighted by Crippen LogP contribution is 2.45. The van der Waals surface area contributed by atoms with Crippen molar-refractivity contribution in [1.29, 1.82) is 0 Å². The highest BCUT2D eigenvalue weighted by Gasteiger charge is 2.21. The average Bonchev–Trinajstić information content (AvgIpc) is 3.72. The minimum Gasteiger partial charge on any atom is -0.456 e. The van der Waals surface area contributed by atoms with Crippen molar-refractivity contribution in [2.24, 2.45) is 0 Å². The van der Waals surface area contributed by atoms with Gasteiger partial charge in [0.2, 0.25) is 0 Å². The van der Waals surface area contributed by atoms with Crippen LogP contribution < -0.4 is 4.90 Å². The second-order valence-corrected chi connectivity index (χ2v) is 15.2. The van der Waals surface area contributed by atoms with E-state index in [0.29, 0.717) is 0 Å². The topological polar surface area (TPSA) is 16.4 Å². The summed E-state index contributed by atoms with van der Waals surface area (Å²) in [5.41, 5.74) is 16.8. The second-order valence-electron chi connectivity index (χ2n) is 15.2. The van der Waals surface area contributed by atoms with Crippen LogP contribution in [-0.2, 0) is 0 Å². The molecular weight excluding hydrogens is 727 g/mol. The zero-order valence-electron chi connectivity index (χ0n) is 32.9.